The van der Waals surface area contributed by atoms with E-state index >= 15 is 0 Å². The SMILES string of the molecule is C[C@H]([C@@H](C)NCc1cnn(Cc2ccccc2)c1)n1cccn1. The average Bonchev–Trinajstić information content (AvgIpc) is 3.25. The van der Waals surface area contributed by atoms with E-state index in [9.17, 15) is 0 Å². The Morgan fingerprint density at radius 1 is 1.04 bits per heavy atom. The minimum absolute atomic E-state index is 0.310. The lowest BCUT2D eigenvalue weighted by atomic mass is 10.1. The first-order valence-corrected chi connectivity index (χ1v) is 8.00. The van der Waals surface area contributed by atoms with Crippen molar-refractivity contribution in [1.82, 2.24) is 24.9 Å². The Kier molecular flexibility index (Phi) is 4.88. The summed E-state index contributed by atoms with van der Waals surface area (Å²) in [6.07, 6.45) is 7.85. The van der Waals surface area contributed by atoms with E-state index < -0.39 is 0 Å². The van der Waals surface area contributed by atoms with Gasteiger partial charge in [-0.3, -0.25) is 9.36 Å². The van der Waals surface area contributed by atoms with Crippen LogP contribution in [0.15, 0.2) is 61.2 Å². The summed E-state index contributed by atoms with van der Waals surface area (Å²) in [5, 5.41) is 12.3. The van der Waals surface area contributed by atoms with E-state index in [4.69, 9.17) is 0 Å². The van der Waals surface area contributed by atoms with Gasteiger partial charge in [-0.25, -0.2) is 0 Å². The van der Waals surface area contributed by atoms with Crippen LogP contribution in [0.5, 0.6) is 0 Å². The van der Waals surface area contributed by atoms with Crippen LogP contribution in [0.4, 0.5) is 0 Å². The average molecular weight is 309 g/mol. The van der Waals surface area contributed by atoms with Gasteiger partial charge < -0.3 is 5.32 Å². The van der Waals surface area contributed by atoms with Crippen molar-refractivity contribution in [2.24, 2.45) is 0 Å². The summed E-state index contributed by atoms with van der Waals surface area (Å²) in [5.41, 5.74) is 2.45. The maximum atomic E-state index is 4.44. The fourth-order valence-corrected chi connectivity index (χ4v) is 2.55. The first kappa shape index (κ1) is 15.5. The van der Waals surface area contributed by atoms with Crippen LogP contribution in [0, 0.1) is 0 Å². The topological polar surface area (TPSA) is 47.7 Å². The lowest BCUT2D eigenvalue weighted by Crippen LogP contribution is -2.33. The van der Waals surface area contributed by atoms with Crippen LogP contribution in [0.3, 0.4) is 0 Å². The van der Waals surface area contributed by atoms with Crippen molar-refractivity contribution in [1.29, 1.82) is 0 Å². The van der Waals surface area contributed by atoms with E-state index in [2.05, 4.69) is 59.8 Å². The summed E-state index contributed by atoms with van der Waals surface area (Å²) >= 11 is 0. The largest absolute Gasteiger partial charge is 0.308 e. The summed E-state index contributed by atoms with van der Waals surface area (Å²) < 4.78 is 3.96. The minimum Gasteiger partial charge on any atom is -0.308 e. The molecule has 0 aliphatic carbocycles. The standard InChI is InChI=1S/C18H23N5/c1-15(16(2)23-10-6-9-20-23)19-11-18-12-21-22(14-18)13-17-7-4-3-5-8-17/h3-10,12,14-16,19H,11,13H2,1-2H3/t15-,16-/m1/s1. The molecule has 5 nitrogen and oxygen atoms in total. The molecule has 5 heteroatoms. The molecule has 3 aromatic rings. The van der Waals surface area contributed by atoms with E-state index in [1.54, 1.807) is 0 Å². The first-order chi connectivity index (χ1) is 11.2. The Bertz CT molecular complexity index is 702. The molecule has 0 aliphatic heterocycles. The molecule has 0 unspecified atom stereocenters. The van der Waals surface area contributed by atoms with Gasteiger partial charge in [0.1, 0.15) is 0 Å². The Morgan fingerprint density at radius 2 is 1.87 bits per heavy atom. The molecule has 0 saturated carbocycles. The highest BCUT2D eigenvalue weighted by Gasteiger charge is 2.13. The smallest absolute Gasteiger partial charge is 0.0659 e. The van der Waals surface area contributed by atoms with Crippen molar-refractivity contribution in [3.63, 3.8) is 0 Å². The molecule has 1 N–H and O–H groups in total. The molecule has 2 heterocycles. The third-order valence-electron chi connectivity index (χ3n) is 4.17. The summed E-state index contributed by atoms with van der Waals surface area (Å²) in [6.45, 7) is 5.96. The first-order valence-electron chi connectivity index (χ1n) is 8.00. The highest BCUT2D eigenvalue weighted by Crippen LogP contribution is 2.10. The van der Waals surface area contributed by atoms with E-state index in [0.29, 0.717) is 12.1 Å². The molecule has 0 aliphatic rings. The lowest BCUT2D eigenvalue weighted by molar-refractivity contribution is 0.365. The fourth-order valence-electron chi connectivity index (χ4n) is 2.55. The van der Waals surface area contributed by atoms with Gasteiger partial charge in [0.05, 0.1) is 18.8 Å². The zero-order chi connectivity index (χ0) is 16.1. The van der Waals surface area contributed by atoms with Gasteiger partial charge in [0.15, 0.2) is 0 Å². The molecule has 2 aromatic heterocycles. The second-order valence-corrected chi connectivity index (χ2v) is 5.93. The van der Waals surface area contributed by atoms with Gasteiger partial charge in [-0.05, 0) is 25.5 Å². The summed E-state index contributed by atoms with van der Waals surface area (Å²) in [6, 6.07) is 13.0. The van der Waals surface area contributed by atoms with Crippen molar-refractivity contribution < 1.29 is 0 Å². The highest BCUT2D eigenvalue weighted by molar-refractivity contribution is 5.15. The monoisotopic (exact) mass is 309 g/mol. The van der Waals surface area contributed by atoms with Crippen molar-refractivity contribution in [2.45, 2.75) is 39.0 Å². The van der Waals surface area contributed by atoms with Gasteiger partial charge in [0, 0.05) is 36.7 Å². The molecule has 0 bridgehead atoms. The normalized spacial score (nSPS) is 13.8. The molecular formula is C18H23N5. The molecular weight excluding hydrogens is 286 g/mol. The van der Waals surface area contributed by atoms with Gasteiger partial charge in [0.25, 0.3) is 0 Å². The highest BCUT2D eigenvalue weighted by atomic mass is 15.3. The van der Waals surface area contributed by atoms with Crippen molar-refractivity contribution in [2.75, 3.05) is 0 Å². The third-order valence-corrected chi connectivity index (χ3v) is 4.17. The molecule has 0 spiro atoms. The van der Waals surface area contributed by atoms with Crippen LogP contribution in [0.1, 0.15) is 31.0 Å². The second kappa shape index (κ2) is 7.24. The van der Waals surface area contributed by atoms with Gasteiger partial charge in [-0.1, -0.05) is 30.3 Å². The third kappa shape index (κ3) is 4.07. The van der Waals surface area contributed by atoms with Crippen molar-refractivity contribution in [3.05, 3.63) is 72.3 Å². The summed E-state index contributed by atoms with van der Waals surface area (Å²) in [4.78, 5) is 0. The van der Waals surface area contributed by atoms with Crippen molar-refractivity contribution in [3.8, 4) is 0 Å². The van der Waals surface area contributed by atoms with Crippen LogP contribution >= 0.6 is 0 Å². The van der Waals surface area contributed by atoms with Gasteiger partial charge in [-0.15, -0.1) is 0 Å². The van der Waals surface area contributed by atoms with Crippen molar-refractivity contribution >= 4 is 0 Å². The quantitative estimate of drug-likeness (QED) is 0.730. The molecule has 0 fully saturated rings. The molecule has 0 saturated heterocycles. The molecule has 0 amide bonds. The van der Waals surface area contributed by atoms with Crippen LogP contribution < -0.4 is 5.32 Å². The van der Waals surface area contributed by atoms with E-state index in [0.717, 1.165) is 13.1 Å². The number of benzene rings is 1. The molecule has 2 atom stereocenters. The number of rotatable bonds is 7. The lowest BCUT2D eigenvalue weighted by Gasteiger charge is -2.21. The number of aromatic nitrogens is 4. The Balaban J connectivity index is 1.53. The Labute approximate surface area is 136 Å². The zero-order valence-electron chi connectivity index (χ0n) is 13.6. The summed E-state index contributed by atoms with van der Waals surface area (Å²) in [7, 11) is 0. The predicted molar refractivity (Wildman–Crippen MR) is 91.0 cm³/mol. The Hall–Kier alpha value is -2.40. The van der Waals surface area contributed by atoms with Gasteiger partial charge >= 0.3 is 0 Å². The van der Waals surface area contributed by atoms with E-state index in [1.165, 1.54) is 11.1 Å². The number of hydrogen-bond acceptors (Lipinski definition) is 3. The molecule has 0 radical (unpaired) electrons. The summed E-state index contributed by atoms with van der Waals surface area (Å²) in [5.74, 6) is 0. The van der Waals surface area contributed by atoms with Gasteiger partial charge in [0.2, 0.25) is 0 Å². The molecule has 3 rings (SSSR count). The Morgan fingerprint density at radius 3 is 2.61 bits per heavy atom. The second-order valence-electron chi connectivity index (χ2n) is 5.93. The minimum atomic E-state index is 0.310. The van der Waals surface area contributed by atoms with Gasteiger partial charge in [-0.2, -0.15) is 10.2 Å². The maximum absolute atomic E-state index is 4.44. The zero-order valence-corrected chi connectivity index (χ0v) is 13.6. The molecule has 23 heavy (non-hydrogen) atoms. The number of nitrogens with zero attached hydrogens (tertiary/aromatic N) is 4. The van der Waals surface area contributed by atoms with E-state index in [-0.39, 0.29) is 0 Å². The van der Waals surface area contributed by atoms with Crippen LogP contribution in [0.25, 0.3) is 0 Å². The predicted octanol–water partition coefficient (Wildman–Crippen LogP) is 2.87. The fraction of sp³-hybridized carbons (Fsp3) is 0.333. The maximum Gasteiger partial charge on any atom is 0.0659 e. The van der Waals surface area contributed by atoms with E-state index in [1.807, 2.05) is 40.1 Å². The molecule has 1 aromatic carbocycles. The van der Waals surface area contributed by atoms with Crippen LogP contribution in [-0.2, 0) is 13.1 Å². The molecule has 120 valence electrons. The number of nitrogens with one attached hydrogen (secondary N) is 1. The van der Waals surface area contributed by atoms with Crippen LogP contribution in [-0.4, -0.2) is 25.6 Å². The number of hydrogen-bond donors (Lipinski definition) is 1. The van der Waals surface area contributed by atoms with Crippen LogP contribution in [0.2, 0.25) is 0 Å².